The number of esters is 1. The van der Waals surface area contributed by atoms with E-state index in [1.54, 1.807) is 12.1 Å². The lowest BCUT2D eigenvalue weighted by Crippen LogP contribution is -2.30. The molecule has 1 amide bonds. The Hall–Kier alpha value is -2.04. The van der Waals surface area contributed by atoms with Crippen LogP contribution >= 0.6 is 0 Å². The van der Waals surface area contributed by atoms with Crippen LogP contribution < -0.4 is 11.5 Å². The number of carbonyl (C=O) groups is 2. The molecule has 0 aromatic heterocycles. The standard InChI is InChI=1S/C12H16N2O3/c1-8(12(14)16)17-11(15)7-4-9-2-5-10(13)6-3-9/h2-3,5-6,8H,4,7,13H2,1H3,(H2,14,16). The lowest BCUT2D eigenvalue weighted by atomic mass is 10.1. The van der Waals surface area contributed by atoms with Gasteiger partial charge in [0.2, 0.25) is 0 Å². The zero-order valence-electron chi connectivity index (χ0n) is 9.68. The van der Waals surface area contributed by atoms with Crippen molar-refractivity contribution >= 4 is 17.6 Å². The van der Waals surface area contributed by atoms with Crippen molar-refractivity contribution in [3.63, 3.8) is 0 Å². The number of hydrogen-bond donors (Lipinski definition) is 2. The van der Waals surface area contributed by atoms with Gasteiger partial charge < -0.3 is 16.2 Å². The van der Waals surface area contributed by atoms with Gasteiger partial charge in [-0.05, 0) is 31.0 Å². The van der Waals surface area contributed by atoms with Crippen LogP contribution in [-0.2, 0) is 20.7 Å². The summed E-state index contributed by atoms with van der Waals surface area (Å²) in [6, 6.07) is 7.24. The van der Waals surface area contributed by atoms with Crippen molar-refractivity contribution in [3.05, 3.63) is 29.8 Å². The van der Waals surface area contributed by atoms with Crippen LogP contribution in [-0.4, -0.2) is 18.0 Å². The molecule has 1 unspecified atom stereocenters. The Balaban J connectivity index is 2.38. The Kier molecular flexibility index (Phi) is 4.51. The fraction of sp³-hybridized carbons (Fsp3) is 0.333. The Morgan fingerprint density at radius 2 is 1.88 bits per heavy atom. The average Bonchev–Trinajstić information content (AvgIpc) is 2.28. The molecule has 0 radical (unpaired) electrons. The van der Waals surface area contributed by atoms with E-state index in [0.29, 0.717) is 12.1 Å². The fourth-order valence-corrected chi connectivity index (χ4v) is 1.24. The van der Waals surface area contributed by atoms with Crippen molar-refractivity contribution in [1.29, 1.82) is 0 Å². The first kappa shape index (κ1) is 13.0. The van der Waals surface area contributed by atoms with Gasteiger partial charge in [0.1, 0.15) is 0 Å². The molecule has 1 atom stereocenters. The summed E-state index contributed by atoms with van der Waals surface area (Å²) in [4.78, 5) is 22.0. The second-order valence-electron chi connectivity index (χ2n) is 3.78. The summed E-state index contributed by atoms with van der Waals surface area (Å²) in [5.74, 6) is -1.08. The molecule has 5 nitrogen and oxygen atoms in total. The molecule has 0 saturated carbocycles. The Morgan fingerprint density at radius 3 is 2.41 bits per heavy atom. The number of amides is 1. The number of nitrogen functional groups attached to an aromatic ring is 1. The number of hydrogen-bond acceptors (Lipinski definition) is 4. The van der Waals surface area contributed by atoms with Gasteiger partial charge in [-0.15, -0.1) is 0 Å². The second kappa shape index (κ2) is 5.89. The van der Waals surface area contributed by atoms with E-state index in [2.05, 4.69) is 0 Å². The molecule has 4 N–H and O–H groups in total. The van der Waals surface area contributed by atoms with Crippen LogP contribution in [0.1, 0.15) is 18.9 Å². The molecule has 5 heteroatoms. The Labute approximate surface area is 99.7 Å². The average molecular weight is 236 g/mol. The highest BCUT2D eigenvalue weighted by molar-refractivity contribution is 5.81. The molecule has 0 fully saturated rings. The van der Waals surface area contributed by atoms with Crippen LogP contribution in [0, 0.1) is 0 Å². The van der Waals surface area contributed by atoms with E-state index in [1.807, 2.05) is 12.1 Å². The minimum Gasteiger partial charge on any atom is -0.453 e. The van der Waals surface area contributed by atoms with Crippen LogP contribution in [0.3, 0.4) is 0 Å². The van der Waals surface area contributed by atoms with Crippen LogP contribution in [0.2, 0.25) is 0 Å². The first-order valence-electron chi connectivity index (χ1n) is 5.32. The van der Waals surface area contributed by atoms with Gasteiger partial charge in [-0.3, -0.25) is 9.59 Å². The molecule has 1 aromatic rings. The maximum absolute atomic E-state index is 11.3. The first-order chi connectivity index (χ1) is 7.99. The van der Waals surface area contributed by atoms with Gasteiger partial charge in [0.25, 0.3) is 5.91 Å². The van der Waals surface area contributed by atoms with Crippen LogP contribution in [0.15, 0.2) is 24.3 Å². The van der Waals surface area contributed by atoms with E-state index < -0.39 is 18.0 Å². The lowest BCUT2D eigenvalue weighted by Gasteiger charge is -2.09. The van der Waals surface area contributed by atoms with E-state index in [1.165, 1.54) is 6.92 Å². The first-order valence-corrected chi connectivity index (χ1v) is 5.32. The molecule has 1 aromatic carbocycles. The van der Waals surface area contributed by atoms with E-state index in [4.69, 9.17) is 16.2 Å². The summed E-state index contributed by atoms with van der Waals surface area (Å²) in [7, 11) is 0. The molecule has 0 heterocycles. The number of rotatable bonds is 5. The summed E-state index contributed by atoms with van der Waals surface area (Å²) in [5, 5.41) is 0. The smallest absolute Gasteiger partial charge is 0.306 e. The molecule has 1 rings (SSSR count). The summed E-state index contributed by atoms with van der Waals surface area (Å²) in [6.45, 7) is 1.45. The largest absolute Gasteiger partial charge is 0.453 e. The van der Waals surface area contributed by atoms with Crippen molar-refractivity contribution in [2.45, 2.75) is 25.9 Å². The van der Waals surface area contributed by atoms with E-state index in [0.717, 1.165) is 5.56 Å². The molecule has 0 saturated heterocycles. The predicted molar refractivity (Wildman–Crippen MR) is 63.9 cm³/mol. The minimum absolute atomic E-state index is 0.210. The number of primary amides is 1. The van der Waals surface area contributed by atoms with Gasteiger partial charge in [-0.25, -0.2) is 0 Å². The summed E-state index contributed by atoms with van der Waals surface area (Å²) in [5.41, 5.74) is 12.2. The number of ether oxygens (including phenoxy) is 1. The number of nitrogens with two attached hydrogens (primary N) is 2. The van der Waals surface area contributed by atoms with Crippen molar-refractivity contribution in [2.75, 3.05) is 5.73 Å². The highest BCUT2D eigenvalue weighted by atomic mass is 16.5. The zero-order chi connectivity index (χ0) is 12.8. The molecule has 0 aliphatic rings. The molecule has 92 valence electrons. The van der Waals surface area contributed by atoms with Crippen LogP contribution in [0.4, 0.5) is 5.69 Å². The highest BCUT2D eigenvalue weighted by Gasteiger charge is 2.13. The van der Waals surface area contributed by atoms with E-state index in [9.17, 15) is 9.59 Å². The number of anilines is 1. The Bertz CT molecular complexity index is 401. The van der Waals surface area contributed by atoms with Gasteiger partial charge in [-0.2, -0.15) is 0 Å². The molecule has 0 bridgehead atoms. The quantitative estimate of drug-likeness (QED) is 0.578. The summed E-state index contributed by atoms with van der Waals surface area (Å²) < 4.78 is 4.82. The maximum atomic E-state index is 11.3. The third-order valence-corrected chi connectivity index (χ3v) is 2.31. The van der Waals surface area contributed by atoms with Gasteiger partial charge in [-0.1, -0.05) is 12.1 Å². The number of benzene rings is 1. The van der Waals surface area contributed by atoms with Gasteiger partial charge in [0.05, 0.1) is 0 Å². The Morgan fingerprint density at radius 1 is 1.29 bits per heavy atom. The topological polar surface area (TPSA) is 95.4 Å². The predicted octanol–water partition coefficient (Wildman–Crippen LogP) is 0.618. The monoisotopic (exact) mass is 236 g/mol. The maximum Gasteiger partial charge on any atom is 0.306 e. The van der Waals surface area contributed by atoms with Crippen LogP contribution in [0.25, 0.3) is 0 Å². The molecule has 17 heavy (non-hydrogen) atoms. The highest BCUT2D eigenvalue weighted by Crippen LogP contribution is 2.08. The summed E-state index contributed by atoms with van der Waals surface area (Å²) >= 11 is 0. The second-order valence-corrected chi connectivity index (χ2v) is 3.78. The normalized spacial score (nSPS) is 11.8. The van der Waals surface area contributed by atoms with Gasteiger partial charge in [0.15, 0.2) is 6.10 Å². The van der Waals surface area contributed by atoms with Crippen molar-refractivity contribution in [3.8, 4) is 0 Å². The van der Waals surface area contributed by atoms with Gasteiger partial charge in [0, 0.05) is 12.1 Å². The molecule has 0 aliphatic carbocycles. The SMILES string of the molecule is CC(OC(=O)CCc1ccc(N)cc1)C(N)=O. The number of carbonyl (C=O) groups excluding carboxylic acids is 2. The fourth-order valence-electron chi connectivity index (χ4n) is 1.24. The molecular weight excluding hydrogens is 220 g/mol. The van der Waals surface area contributed by atoms with Crippen LogP contribution in [0.5, 0.6) is 0 Å². The van der Waals surface area contributed by atoms with Crippen molar-refractivity contribution in [1.82, 2.24) is 0 Å². The number of aryl methyl sites for hydroxylation is 1. The minimum atomic E-state index is -0.881. The van der Waals surface area contributed by atoms with Crippen molar-refractivity contribution < 1.29 is 14.3 Å². The van der Waals surface area contributed by atoms with E-state index >= 15 is 0 Å². The molecule has 0 spiro atoms. The summed E-state index contributed by atoms with van der Waals surface area (Å²) in [6.07, 6.45) is -0.125. The zero-order valence-corrected chi connectivity index (χ0v) is 9.68. The van der Waals surface area contributed by atoms with Gasteiger partial charge >= 0.3 is 5.97 Å². The third-order valence-electron chi connectivity index (χ3n) is 2.31. The third kappa shape index (κ3) is 4.55. The van der Waals surface area contributed by atoms with Crippen molar-refractivity contribution in [2.24, 2.45) is 5.73 Å². The lowest BCUT2D eigenvalue weighted by molar-refractivity contribution is -0.153. The van der Waals surface area contributed by atoms with E-state index in [-0.39, 0.29) is 6.42 Å². The molecule has 0 aliphatic heterocycles. The molecular formula is C12H16N2O3.